The molecule has 0 aliphatic heterocycles. The molecular formula is C18H25ClN6O2. The van der Waals surface area contributed by atoms with Crippen molar-refractivity contribution in [1.29, 1.82) is 5.41 Å². The van der Waals surface area contributed by atoms with E-state index in [-0.39, 0.29) is 17.6 Å². The fourth-order valence-corrected chi connectivity index (χ4v) is 2.51. The van der Waals surface area contributed by atoms with Crippen molar-refractivity contribution in [1.82, 2.24) is 15.0 Å². The van der Waals surface area contributed by atoms with Gasteiger partial charge in [-0.25, -0.2) is 9.97 Å². The summed E-state index contributed by atoms with van der Waals surface area (Å²) in [5, 5.41) is 14.7. The molecule has 8 nitrogen and oxygen atoms in total. The van der Waals surface area contributed by atoms with Gasteiger partial charge in [0.1, 0.15) is 17.2 Å². The van der Waals surface area contributed by atoms with Crippen LogP contribution in [0, 0.1) is 12.3 Å². The summed E-state index contributed by atoms with van der Waals surface area (Å²) in [5.41, 5.74) is 2.19. The average molecular weight is 393 g/mol. The largest absolute Gasteiger partial charge is 0.380 e. The average Bonchev–Trinajstić information content (AvgIpc) is 2.63. The molecule has 0 aromatic carbocycles. The molecule has 2 aromatic heterocycles. The summed E-state index contributed by atoms with van der Waals surface area (Å²) >= 11 is 6.09. The maximum absolute atomic E-state index is 8.24. The van der Waals surface area contributed by atoms with Gasteiger partial charge in [0, 0.05) is 26.5 Å². The highest BCUT2D eigenvalue weighted by Crippen LogP contribution is 2.28. The molecule has 0 aliphatic carbocycles. The zero-order valence-electron chi connectivity index (χ0n) is 15.8. The molecule has 0 aliphatic rings. The summed E-state index contributed by atoms with van der Waals surface area (Å²) in [6.45, 7) is 5.90. The summed E-state index contributed by atoms with van der Waals surface area (Å²) in [6, 6.07) is 3.80. The van der Waals surface area contributed by atoms with E-state index in [1.807, 2.05) is 19.1 Å². The van der Waals surface area contributed by atoms with Crippen LogP contribution in [0.2, 0.25) is 5.28 Å². The Morgan fingerprint density at radius 2 is 2.11 bits per heavy atom. The summed E-state index contributed by atoms with van der Waals surface area (Å²) < 4.78 is 10.6. The van der Waals surface area contributed by atoms with Gasteiger partial charge in [-0.1, -0.05) is 6.92 Å². The number of ether oxygens (including phenoxy) is 2. The molecule has 2 aromatic rings. The van der Waals surface area contributed by atoms with E-state index < -0.39 is 0 Å². The monoisotopic (exact) mass is 392 g/mol. The third kappa shape index (κ3) is 6.42. The molecule has 0 bridgehead atoms. The third-order valence-electron chi connectivity index (χ3n) is 3.51. The molecule has 0 unspecified atom stereocenters. The third-order valence-corrected chi connectivity index (χ3v) is 3.68. The number of methoxy groups -OCH3 is 1. The highest BCUT2D eigenvalue weighted by Gasteiger charge is 2.18. The second kappa shape index (κ2) is 10.8. The van der Waals surface area contributed by atoms with Crippen molar-refractivity contribution in [2.45, 2.75) is 20.3 Å². The molecule has 27 heavy (non-hydrogen) atoms. The van der Waals surface area contributed by atoms with Crippen LogP contribution in [0.25, 0.3) is 0 Å². The molecular weight excluding hydrogens is 368 g/mol. The molecule has 0 saturated heterocycles. The Bertz CT molecular complexity index is 772. The Morgan fingerprint density at radius 3 is 2.81 bits per heavy atom. The molecule has 9 heteroatoms. The van der Waals surface area contributed by atoms with Gasteiger partial charge in [0.2, 0.25) is 5.28 Å². The molecule has 0 amide bonds. The second-order valence-corrected chi connectivity index (χ2v) is 6.20. The van der Waals surface area contributed by atoms with Crippen LogP contribution in [0.5, 0.6) is 0 Å². The highest BCUT2D eigenvalue weighted by molar-refractivity contribution is 6.28. The van der Waals surface area contributed by atoms with Crippen LogP contribution in [0.3, 0.4) is 0 Å². The van der Waals surface area contributed by atoms with E-state index in [1.54, 1.807) is 6.20 Å². The molecule has 146 valence electrons. The van der Waals surface area contributed by atoms with Crippen molar-refractivity contribution < 1.29 is 9.47 Å². The van der Waals surface area contributed by atoms with Crippen LogP contribution in [0.15, 0.2) is 18.3 Å². The number of rotatable bonds is 11. The zero-order chi connectivity index (χ0) is 19.6. The molecule has 0 spiro atoms. The number of halogens is 1. The Labute approximate surface area is 164 Å². The standard InChI is InChI=1S/C18H25ClN6O2/c1-4-8-27-9-7-22-16-15(13(20)11-26-3)24-18(19)25-17(16)23-14-10-12(2)5-6-21-14/h5-6,10,20,22H,4,7-9,11H2,1-3H3,(H,21,23,24,25). The minimum Gasteiger partial charge on any atom is -0.380 e. The molecule has 0 radical (unpaired) electrons. The van der Waals surface area contributed by atoms with E-state index in [4.69, 9.17) is 26.5 Å². The quantitative estimate of drug-likeness (QED) is 0.305. The predicted octanol–water partition coefficient (Wildman–Crippen LogP) is 3.43. The lowest BCUT2D eigenvalue weighted by Gasteiger charge is -2.17. The van der Waals surface area contributed by atoms with Crippen LogP contribution in [0.1, 0.15) is 24.6 Å². The van der Waals surface area contributed by atoms with Crippen molar-refractivity contribution >= 4 is 34.6 Å². The number of hydrogen-bond donors (Lipinski definition) is 3. The molecule has 0 saturated carbocycles. The van der Waals surface area contributed by atoms with Crippen LogP contribution in [0.4, 0.5) is 17.3 Å². The number of aromatic nitrogens is 3. The van der Waals surface area contributed by atoms with Gasteiger partial charge in [0.25, 0.3) is 0 Å². The fraction of sp³-hybridized carbons (Fsp3) is 0.444. The number of hydrogen-bond acceptors (Lipinski definition) is 8. The van der Waals surface area contributed by atoms with Crippen molar-refractivity contribution in [2.24, 2.45) is 0 Å². The van der Waals surface area contributed by atoms with Crippen molar-refractivity contribution in [3.05, 3.63) is 34.9 Å². The van der Waals surface area contributed by atoms with Crippen LogP contribution in [-0.4, -0.2) is 54.1 Å². The number of nitrogens with zero attached hydrogens (tertiary/aromatic N) is 3. The normalized spacial score (nSPS) is 10.7. The van der Waals surface area contributed by atoms with E-state index in [9.17, 15) is 0 Å². The van der Waals surface area contributed by atoms with E-state index in [1.165, 1.54) is 7.11 Å². The fourth-order valence-electron chi connectivity index (χ4n) is 2.34. The lowest BCUT2D eigenvalue weighted by molar-refractivity contribution is 0.144. The smallest absolute Gasteiger partial charge is 0.225 e. The number of anilines is 3. The Hall–Kier alpha value is -2.29. The topological polar surface area (TPSA) is 105 Å². The van der Waals surface area contributed by atoms with Gasteiger partial charge in [-0.2, -0.15) is 4.98 Å². The first-order valence-corrected chi connectivity index (χ1v) is 9.08. The van der Waals surface area contributed by atoms with Crippen molar-refractivity contribution in [3.63, 3.8) is 0 Å². The van der Waals surface area contributed by atoms with Gasteiger partial charge >= 0.3 is 0 Å². The molecule has 2 rings (SSSR count). The summed E-state index contributed by atoms with van der Waals surface area (Å²) in [6.07, 6.45) is 2.67. The number of nitrogens with one attached hydrogen (secondary N) is 3. The van der Waals surface area contributed by atoms with Gasteiger partial charge in [-0.3, -0.25) is 0 Å². The predicted molar refractivity (Wildman–Crippen MR) is 108 cm³/mol. The summed E-state index contributed by atoms with van der Waals surface area (Å²) in [5.74, 6) is 1.07. The Kier molecular flexibility index (Phi) is 8.38. The Balaban J connectivity index is 2.32. The van der Waals surface area contributed by atoms with Crippen molar-refractivity contribution in [2.75, 3.05) is 44.1 Å². The van der Waals surface area contributed by atoms with E-state index >= 15 is 0 Å². The lowest BCUT2D eigenvalue weighted by Crippen LogP contribution is -2.18. The second-order valence-electron chi connectivity index (χ2n) is 5.86. The molecule has 0 fully saturated rings. The van der Waals surface area contributed by atoms with Gasteiger partial charge in [-0.15, -0.1) is 0 Å². The minimum atomic E-state index is 0.0359. The van der Waals surface area contributed by atoms with E-state index in [2.05, 4.69) is 32.5 Å². The van der Waals surface area contributed by atoms with Gasteiger partial charge in [0.15, 0.2) is 5.82 Å². The van der Waals surface area contributed by atoms with Crippen LogP contribution >= 0.6 is 11.6 Å². The van der Waals surface area contributed by atoms with E-state index in [0.29, 0.717) is 42.8 Å². The maximum atomic E-state index is 8.24. The summed E-state index contributed by atoms with van der Waals surface area (Å²) in [7, 11) is 1.53. The van der Waals surface area contributed by atoms with E-state index in [0.717, 1.165) is 12.0 Å². The van der Waals surface area contributed by atoms with Crippen molar-refractivity contribution in [3.8, 4) is 0 Å². The first kappa shape index (κ1) is 21.0. The number of aryl methyl sites for hydroxylation is 1. The first-order chi connectivity index (χ1) is 13.0. The highest BCUT2D eigenvalue weighted by atomic mass is 35.5. The van der Waals surface area contributed by atoms with Crippen LogP contribution in [-0.2, 0) is 9.47 Å². The maximum Gasteiger partial charge on any atom is 0.225 e. The lowest BCUT2D eigenvalue weighted by atomic mass is 10.2. The SMILES string of the molecule is CCCOCCNc1c(Nc2cc(C)ccn2)nc(Cl)nc1C(=N)COC. The molecule has 0 atom stereocenters. The molecule has 2 heterocycles. The number of pyridine rings is 1. The summed E-state index contributed by atoms with van der Waals surface area (Å²) in [4.78, 5) is 12.8. The molecule has 3 N–H and O–H groups in total. The van der Waals surface area contributed by atoms with Gasteiger partial charge in [0.05, 0.1) is 18.9 Å². The van der Waals surface area contributed by atoms with Crippen LogP contribution < -0.4 is 10.6 Å². The zero-order valence-corrected chi connectivity index (χ0v) is 16.6. The van der Waals surface area contributed by atoms with Gasteiger partial charge < -0.3 is 25.5 Å². The Morgan fingerprint density at radius 1 is 1.30 bits per heavy atom. The van der Waals surface area contributed by atoms with Gasteiger partial charge in [-0.05, 0) is 42.6 Å². The first-order valence-electron chi connectivity index (χ1n) is 8.70. The minimum absolute atomic E-state index is 0.0359.